The molecule has 2 aliphatic heterocycles. The molecule has 0 bridgehead atoms. The first-order chi connectivity index (χ1) is 7.75. The standard InChI is InChI=1S/C11H10ClNO3/c12-11(14)13-3-1-2-7-4-9-10(5-8(7)13)16-6-15-9/h4-5H,1-3,6H2. The predicted molar refractivity (Wildman–Crippen MR) is 59.5 cm³/mol. The average molecular weight is 240 g/mol. The summed E-state index contributed by atoms with van der Waals surface area (Å²) >= 11 is 5.55. The molecule has 0 aliphatic carbocycles. The number of hydrogen-bond donors (Lipinski definition) is 0. The molecule has 16 heavy (non-hydrogen) atoms. The van der Waals surface area contributed by atoms with E-state index in [4.69, 9.17) is 21.1 Å². The molecular formula is C11H10ClNO3. The summed E-state index contributed by atoms with van der Waals surface area (Å²) in [5.41, 5.74) is 1.93. The normalized spacial score (nSPS) is 17.2. The van der Waals surface area contributed by atoms with Gasteiger partial charge in [-0.25, -0.2) is 0 Å². The summed E-state index contributed by atoms with van der Waals surface area (Å²) in [5.74, 6) is 1.44. The lowest BCUT2D eigenvalue weighted by molar-refractivity contribution is 0.174. The van der Waals surface area contributed by atoms with Crippen molar-refractivity contribution >= 4 is 22.7 Å². The number of nitrogens with zero attached hydrogens (tertiary/aromatic N) is 1. The van der Waals surface area contributed by atoms with Gasteiger partial charge in [-0.2, -0.15) is 0 Å². The minimum atomic E-state index is -0.445. The molecule has 0 spiro atoms. The molecule has 2 heterocycles. The smallest absolute Gasteiger partial charge is 0.320 e. The fourth-order valence-electron chi connectivity index (χ4n) is 2.16. The molecule has 1 amide bonds. The van der Waals surface area contributed by atoms with E-state index in [1.165, 1.54) is 0 Å². The lowest BCUT2D eigenvalue weighted by atomic mass is 10.0. The zero-order valence-electron chi connectivity index (χ0n) is 8.53. The van der Waals surface area contributed by atoms with Crippen LogP contribution in [-0.2, 0) is 6.42 Å². The van der Waals surface area contributed by atoms with Crippen LogP contribution in [-0.4, -0.2) is 18.7 Å². The van der Waals surface area contributed by atoms with Crippen LogP contribution in [0.4, 0.5) is 10.5 Å². The van der Waals surface area contributed by atoms with Crippen molar-refractivity contribution in [2.24, 2.45) is 0 Å². The summed E-state index contributed by atoms with van der Waals surface area (Å²) < 4.78 is 10.6. The Hall–Kier alpha value is -1.42. The first-order valence-corrected chi connectivity index (χ1v) is 5.53. The average Bonchev–Trinajstić information content (AvgIpc) is 2.71. The second-order valence-electron chi connectivity index (χ2n) is 3.84. The number of aryl methyl sites for hydroxylation is 1. The molecule has 1 aromatic carbocycles. The number of fused-ring (bicyclic) bond motifs is 2. The van der Waals surface area contributed by atoms with Crippen LogP contribution in [0.1, 0.15) is 12.0 Å². The monoisotopic (exact) mass is 239 g/mol. The van der Waals surface area contributed by atoms with Gasteiger partial charge in [-0.05, 0) is 36.1 Å². The molecule has 84 valence electrons. The third-order valence-electron chi connectivity index (χ3n) is 2.90. The van der Waals surface area contributed by atoms with Crippen LogP contribution in [0.3, 0.4) is 0 Å². The third-order valence-corrected chi connectivity index (χ3v) is 3.11. The largest absolute Gasteiger partial charge is 0.454 e. The number of ether oxygens (including phenoxy) is 2. The van der Waals surface area contributed by atoms with Gasteiger partial charge in [0.2, 0.25) is 6.79 Å². The van der Waals surface area contributed by atoms with Crippen LogP contribution in [0.5, 0.6) is 11.5 Å². The molecule has 3 rings (SSSR count). The van der Waals surface area contributed by atoms with Crippen LogP contribution in [0.15, 0.2) is 12.1 Å². The van der Waals surface area contributed by atoms with Crippen molar-refractivity contribution in [1.82, 2.24) is 0 Å². The molecule has 0 radical (unpaired) electrons. The number of halogens is 1. The van der Waals surface area contributed by atoms with Crippen molar-refractivity contribution in [3.8, 4) is 11.5 Å². The highest BCUT2D eigenvalue weighted by Crippen LogP contribution is 2.40. The molecule has 0 saturated carbocycles. The topological polar surface area (TPSA) is 38.8 Å². The van der Waals surface area contributed by atoms with E-state index in [1.54, 1.807) is 4.90 Å². The fourth-order valence-corrected chi connectivity index (χ4v) is 2.33. The maximum absolute atomic E-state index is 11.3. The highest BCUT2D eigenvalue weighted by molar-refractivity contribution is 6.66. The van der Waals surface area contributed by atoms with Crippen LogP contribution in [0.2, 0.25) is 0 Å². The van der Waals surface area contributed by atoms with Gasteiger partial charge in [-0.15, -0.1) is 0 Å². The molecule has 0 fully saturated rings. The number of rotatable bonds is 0. The second kappa shape index (κ2) is 3.56. The van der Waals surface area contributed by atoms with Gasteiger partial charge in [0.15, 0.2) is 11.5 Å². The van der Waals surface area contributed by atoms with Gasteiger partial charge in [-0.3, -0.25) is 9.69 Å². The Morgan fingerprint density at radius 2 is 2.06 bits per heavy atom. The number of anilines is 1. The van der Waals surface area contributed by atoms with E-state index in [1.807, 2.05) is 12.1 Å². The molecule has 0 unspecified atom stereocenters. The van der Waals surface area contributed by atoms with Gasteiger partial charge in [0.05, 0.1) is 5.69 Å². The highest BCUT2D eigenvalue weighted by atomic mass is 35.5. The van der Waals surface area contributed by atoms with E-state index in [-0.39, 0.29) is 6.79 Å². The Morgan fingerprint density at radius 1 is 1.31 bits per heavy atom. The summed E-state index contributed by atoms with van der Waals surface area (Å²) in [6, 6.07) is 3.76. The molecule has 1 aromatic rings. The highest BCUT2D eigenvalue weighted by Gasteiger charge is 2.25. The Morgan fingerprint density at radius 3 is 2.81 bits per heavy atom. The minimum Gasteiger partial charge on any atom is -0.454 e. The number of benzene rings is 1. The Balaban J connectivity index is 2.10. The van der Waals surface area contributed by atoms with Gasteiger partial charge in [0, 0.05) is 12.6 Å². The van der Waals surface area contributed by atoms with E-state index in [9.17, 15) is 4.79 Å². The summed E-state index contributed by atoms with van der Waals surface area (Å²) in [6.45, 7) is 0.905. The fraction of sp³-hybridized carbons (Fsp3) is 0.364. The maximum Gasteiger partial charge on any atom is 0.320 e. The van der Waals surface area contributed by atoms with E-state index >= 15 is 0 Å². The Kier molecular flexibility index (Phi) is 2.17. The van der Waals surface area contributed by atoms with E-state index in [2.05, 4.69) is 0 Å². The third kappa shape index (κ3) is 1.41. The second-order valence-corrected chi connectivity index (χ2v) is 4.17. The van der Waals surface area contributed by atoms with Crippen LogP contribution in [0, 0.1) is 0 Å². The number of amides is 1. The zero-order chi connectivity index (χ0) is 11.1. The van der Waals surface area contributed by atoms with Crippen LogP contribution in [0.25, 0.3) is 0 Å². The maximum atomic E-state index is 11.3. The van der Waals surface area contributed by atoms with E-state index in [0.717, 1.165) is 29.8 Å². The van der Waals surface area contributed by atoms with Crippen LogP contribution < -0.4 is 14.4 Å². The summed E-state index contributed by atoms with van der Waals surface area (Å²) in [6.07, 6.45) is 1.86. The molecule has 0 saturated heterocycles. The summed E-state index contributed by atoms with van der Waals surface area (Å²) in [4.78, 5) is 12.9. The Bertz CT molecular complexity index is 461. The molecule has 0 aromatic heterocycles. The molecule has 0 atom stereocenters. The molecule has 2 aliphatic rings. The first kappa shape index (κ1) is 9.78. The van der Waals surface area contributed by atoms with Gasteiger partial charge < -0.3 is 9.47 Å². The zero-order valence-corrected chi connectivity index (χ0v) is 9.29. The first-order valence-electron chi connectivity index (χ1n) is 5.15. The minimum absolute atomic E-state index is 0.243. The number of hydrogen-bond acceptors (Lipinski definition) is 3. The van der Waals surface area contributed by atoms with Crippen molar-refractivity contribution in [2.75, 3.05) is 18.2 Å². The van der Waals surface area contributed by atoms with Crippen molar-refractivity contribution < 1.29 is 14.3 Å². The SMILES string of the molecule is O=C(Cl)N1CCCc2cc3c(cc21)OCO3. The van der Waals surface area contributed by atoms with Gasteiger partial charge in [0.1, 0.15) is 0 Å². The van der Waals surface area contributed by atoms with Crippen molar-refractivity contribution in [3.63, 3.8) is 0 Å². The predicted octanol–water partition coefficient (Wildman–Crippen LogP) is 2.53. The molecule has 5 heteroatoms. The number of carbonyl (C=O) groups is 1. The van der Waals surface area contributed by atoms with Gasteiger partial charge >= 0.3 is 5.37 Å². The van der Waals surface area contributed by atoms with Crippen molar-refractivity contribution in [2.45, 2.75) is 12.8 Å². The summed E-state index contributed by atoms with van der Waals surface area (Å²) in [7, 11) is 0. The van der Waals surface area contributed by atoms with Crippen molar-refractivity contribution in [1.29, 1.82) is 0 Å². The van der Waals surface area contributed by atoms with Gasteiger partial charge in [-0.1, -0.05) is 0 Å². The van der Waals surface area contributed by atoms with E-state index in [0.29, 0.717) is 12.3 Å². The molecule has 4 nitrogen and oxygen atoms in total. The lowest BCUT2D eigenvalue weighted by Gasteiger charge is -2.27. The van der Waals surface area contributed by atoms with Crippen LogP contribution >= 0.6 is 11.6 Å². The number of carbonyl (C=O) groups excluding carboxylic acids is 1. The van der Waals surface area contributed by atoms with E-state index < -0.39 is 5.37 Å². The molecular weight excluding hydrogens is 230 g/mol. The van der Waals surface area contributed by atoms with Crippen molar-refractivity contribution in [3.05, 3.63) is 17.7 Å². The summed E-state index contributed by atoms with van der Waals surface area (Å²) in [5, 5.41) is -0.445. The Labute approximate surface area is 97.7 Å². The lowest BCUT2D eigenvalue weighted by Crippen LogP contribution is -2.31. The quantitative estimate of drug-likeness (QED) is 0.516. The molecule has 0 N–H and O–H groups in total. The van der Waals surface area contributed by atoms with Gasteiger partial charge in [0.25, 0.3) is 0 Å².